The Morgan fingerprint density at radius 2 is 2.04 bits per heavy atom. The second-order valence-corrected chi connectivity index (χ2v) is 7.90. The van der Waals surface area contributed by atoms with Crippen molar-refractivity contribution in [2.75, 3.05) is 19.6 Å². The first kappa shape index (κ1) is 22.4. The molecule has 0 aromatic carbocycles. The summed E-state index contributed by atoms with van der Waals surface area (Å²) in [7, 11) is 0. The Morgan fingerprint density at radius 1 is 1.36 bits per heavy atom. The molecule has 2 aliphatic heterocycles. The Bertz CT molecular complexity index is 674. The molecule has 0 bridgehead atoms. The van der Waals surface area contributed by atoms with E-state index in [1.807, 2.05) is 6.08 Å². The molecule has 1 aromatic rings. The lowest BCUT2D eigenvalue weighted by atomic mass is 9.79. The number of hydrogen-bond donors (Lipinski definition) is 1. The van der Waals surface area contributed by atoms with Crippen molar-refractivity contribution in [2.45, 2.75) is 50.4 Å². The number of carboxylic acids is 1. The van der Waals surface area contributed by atoms with Gasteiger partial charge in [0.25, 0.3) is 0 Å². The summed E-state index contributed by atoms with van der Waals surface area (Å²) in [6.07, 6.45) is 2.02. The van der Waals surface area contributed by atoms with Crippen LogP contribution in [0, 0.1) is 0 Å². The fraction of sp³-hybridized carbons (Fsp3) is 0.579. The molecule has 0 radical (unpaired) electrons. The maximum absolute atomic E-state index is 12.3. The second kappa shape index (κ2) is 9.56. The second-order valence-electron chi connectivity index (χ2n) is 7.12. The van der Waals surface area contributed by atoms with Gasteiger partial charge in [-0.3, -0.25) is 9.69 Å². The van der Waals surface area contributed by atoms with Crippen LogP contribution in [0.2, 0.25) is 0 Å². The molecule has 0 aliphatic carbocycles. The Hall–Kier alpha value is -1.87. The Balaban J connectivity index is 0.000000345. The minimum atomic E-state index is -5.08. The van der Waals surface area contributed by atoms with Crippen molar-refractivity contribution in [3.63, 3.8) is 0 Å². The van der Waals surface area contributed by atoms with Crippen LogP contribution in [0.15, 0.2) is 29.5 Å². The van der Waals surface area contributed by atoms with Gasteiger partial charge in [0, 0.05) is 26.1 Å². The van der Waals surface area contributed by atoms with Crippen LogP contribution in [0.1, 0.15) is 37.7 Å². The standard InChI is InChI=1S/C17H24N2OS.C2HF3O2/c1-2-9-19-16(20)5-3-7-17(19)8-4-10-18(14-17)12-15-6-11-21-13-15;3-2(4,5)1(6)7/h2,6,11,13H,1,3-5,7-10,12,14H2;(H,6,7). The van der Waals surface area contributed by atoms with Gasteiger partial charge in [-0.05, 0) is 54.6 Å². The smallest absolute Gasteiger partial charge is 0.475 e. The molecule has 156 valence electrons. The topological polar surface area (TPSA) is 60.9 Å². The van der Waals surface area contributed by atoms with Gasteiger partial charge < -0.3 is 10.0 Å². The zero-order chi connectivity index (χ0) is 20.8. The van der Waals surface area contributed by atoms with Crippen molar-refractivity contribution >= 4 is 23.2 Å². The molecule has 1 N–H and O–H groups in total. The molecule has 9 heteroatoms. The van der Waals surface area contributed by atoms with E-state index in [-0.39, 0.29) is 5.54 Å². The number of amides is 1. The molecular weight excluding hydrogens is 393 g/mol. The molecule has 0 saturated carbocycles. The number of rotatable bonds is 4. The largest absolute Gasteiger partial charge is 0.490 e. The highest BCUT2D eigenvalue weighted by Gasteiger charge is 2.44. The van der Waals surface area contributed by atoms with E-state index in [0.29, 0.717) is 18.9 Å². The van der Waals surface area contributed by atoms with Gasteiger partial charge in [-0.25, -0.2) is 4.79 Å². The van der Waals surface area contributed by atoms with Crippen LogP contribution in [0.3, 0.4) is 0 Å². The fourth-order valence-electron chi connectivity index (χ4n) is 3.93. The molecular formula is C19H25F3N2O3S. The van der Waals surface area contributed by atoms with Gasteiger partial charge in [0.2, 0.25) is 5.91 Å². The molecule has 3 rings (SSSR count). The van der Waals surface area contributed by atoms with E-state index in [0.717, 1.165) is 38.9 Å². The molecule has 1 amide bonds. The van der Waals surface area contributed by atoms with Crippen LogP contribution in [-0.4, -0.2) is 58.1 Å². The van der Waals surface area contributed by atoms with E-state index in [1.54, 1.807) is 11.3 Å². The van der Waals surface area contributed by atoms with Gasteiger partial charge in [0.15, 0.2) is 0 Å². The predicted octanol–water partition coefficient (Wildman–Crippen LogP) is 3.91. The average molecular weight is 418 g/mol. The van der Waals surface area contributed by atoms with E-state index >= 15 is 0 Å². The Morgan fingerprint density at radius 3 is 2.61 bits per heavy atom. The first-order valence-corrected chi connectivity index (χ1v) is 10.1. The molecule has 28 heavy (non-hydrogen) atoms. The average Bonchev–Trinajstić information content (AvgIpc) is 3.11. The molecule has 1 aromatic heterocycles. The van der Waals surface area contributed by atoms with Gasteiger partial charge in [-0.1, -0.05) is 6.08 Å². The van der Waals surface area contributed by atoms with Crippen LogP contribution in [0.25, 0.3) is 0 Å². The Labute approximate surface area is 166 Å². The number of carbonyl (C=O) groups excluding carboxylic acids is 1. The monoisotopic (exact) mass is 418 g/mol. The third-order valence-electron chi connectivity index (χ3n) is 5.08. The van der Waals surface area contributed by atoms with Crippen molar-refractivity contribution in [2.24, 2.45) is 0 Å². The van der Waals surface area contributed by atoms with E-state index in [9.17, 15) is 18.0 Å². The van der Waals surface area contributed by atoms with Crippen molar-refractivity contribution in [1.29, 1.82) is 0 Å². The number of likely N-dealkylation sites (tertiary alicyclic amines) is 2. The first-order chi connectivity index (χ1) is 13.2. The number of thiophene rings is 1. The van der Waals surface area contributed by atoms with Gasteiger partial charge in [-0.2, -0.15) is 24.5 Å². The number of aliphatic carboxylic acids is 1. The summed E-state index contributed by atoms with van der Waals surface area (Å²) in [6, 6.07) is 2.21. The summed E-state index contributed by atoms with van der Waals surface area (Å²) in [5, 5.41) is 11.5. The molecule has 2 aliphatic rings. The zero-order valence-corrected chi connectivity index (χ0v) is 16.4. The summed E-state index contributed by atoms with van der Waals surface area (Å²) in [6.45, 7) is 7.72. The molecule has 1 atom stereocenters. The highest BCUT2D eigenvalue weighted by atomic mass is 32.1. The number of alkyl halides is 3. The van der Waals surface area contributed by atoms with Gasteiger partial charge >= 0.3 is 12.1 Å². The number of hydrogen-bond acceptors (Lipinski definition) is 4. The number of piperidine rings is 2. The predicted molar refractivity (Wildman–Crippen MR) is 101 cm³/mol. The zero-order valence-electron chi connectivity index (χ0n) is 15.6. The van der Waals surface area contributed by atoms with E-state index in [4.69, 9.17) is 9.90 Å². The van der Waals surface area contributed by atoms with Crippen molar-refractivity contribution in [1.82, 2.24) is 9.80 Å². The van der Waals surface area contributed by atoms with Crippen LogP contribution >= 0.6 is 11.3 Å². The summed E-state index contributed by atoms with van der Waals surface area (Å²) in [4.78, 5) is 25.9. The molecule has 1 spiro atoms. The van der Waals surface area contributed by atoms with Crippen LogP contribution < -0.4 is 0 Å². The molecule has 5 nitrogen and oxygen atoms in total. The number of nitrogens with zero attached hydrogens (tertiary/aromatic N) is 2. The summed E-state index contributed by atoms with van der Waals surface area (Å²) in [5.74, 6) is -2.44. The van der Waals surface area contributed by atoms with Crippen LogP contribution in [0.5, 0.6) is 0 Å². The van der Waals surface area contributed by atoms with Gasteiger partial charge in [0.05, 0.1) is 5.54 Å². The minimum absolute atomic E-state index is 0.0534. The maximum atomic E-state index is 12.3. The van der Waals surface area contributed by atoms with E-state index in [1.165, 1.54) is 12.0 Å². The summed E-state index contributed by atoms with van der Waals surface area (Å²) < 4.78 is 31.7. The van der Waals surface area contributed by atoms with E-state index in [2.05, 4.69) is 33.2 Å². The van der Waals surface area contributed by atoms with Crippen molar-refractivity contribution in [3.8, 4) is 0 Å². The van der Waals surface area contributed by atoms with Gasteiger partial charge in [-0.15, -0.1) is 6.58 Å². The molecule has 2 fully saturated rings. The quantitative estimate of drug-likeness (QED) is 0.753. The minimum Gasteiger partial charge on any atom is -0.475 e. The summed E-state index contributed by atoms with van der Waals surface area (Å²) in [5.41, 5.74) is 1.45. The third kappa shape index (κ3) is 5.81. The lowest BCUT2D eigenvalue weighted by Gasteiger charge is -2.52. The van der Waals surface area contributed by atoms with Crippen LogP contribution in [0.4, 0.5) is 13.2 Å². The lowest BCUT2D eigenvalue weighted by molar-refractivity contribution is -0.192. The molecule has 2 saturated heterocycles. The highest BCUT2D eigenvalue weighted by Crippen LogP contribution is 2.37. The highest BCUT2D eigenvalue weighted by molar-refractivity contribution is 7.07. The third-order valence-corrected chi connectivity index (χ3v) is 5.81. The summed E-state index contributed by atoms with van der Waals surface area (Å²) >= 11 is 1.76. The first-order valence-electron chi connectivity index (χ1n) is 9.13. The lowest BCUT2D eigenvalue weighted by Crippen LogP contribution is -2.62. The number of carbonyl (C=O) groups is 2. The number of halogens is 3. The van der Waals surface area contributed by atoms with E-state index < -0.39 is 12.1 Å². The fourth-order valence-corrected chi connectivity index (χ4v) is 4.59. The molecule has 1 unspecified atom stereocenters. The normalized spacial score (nSPS) is 23.2. The maximum Gasteiger partial charge on any atom is 0.490 e. The van der Waals surface area contributed by atoms with Crippen molar-refractivity contribution in [3.05, 3.63) is 35.0 Å². The SMILES string of the molecule is C=CCN1C(=O)CCCC12CCCN(Cc1ccsc1)C2.O=C(O)C(F)(F)F. The van der Waals surface area contributed by atoms with Gasteiger partial charge in [0.1, 0.15) is 0 Å². The molecule has 3 heterocycles. The number of carboxylic acid groups (broad SMARTS) is 1. The van der Waals surface area contributed by atoms with Crippen LogP contribution in [-0.2, 0) is 16.1 Å². The van der Waals surface area contributed by atoms with Crippen molar-refractivity contribution < 1.29 is 27.9 Å². The Kier molecular flexibility index (Phi) is 7.65.